The summed E-state index contributed by atoms with van der Waals surface area (Å²) in [6.07, 6.45) is 5.09. The monoisotopic (exact) mass is 560 g/mol. The number of halogens is 3. The second-order valence-electron chi connectivity index (χ2n) is 11.0. The second-order valence-corrected chi connectivity index (χ2v) is 11.0. The van der Waals surface area contributed by atoms with Crippen LogP contribution in [0.2, 0.25) is 0 Å². The first-order valence-corrected chi connectivity index (χ1v) is 14.2. The molecule has 0 saturated carbocycles. The summed E-state index contributed by atoms with van der Waals surface area (Å²) in [6, 6.07) is 16.8. The predicted molar refractivity (Wildman–Crippen MR) is 154 cm³/mol. The molecule has 5 rings (SSSR count). The molecular weight excluding hydrogens is 525 g/mol. The fraction of sp³-hybridized carbons (Fsp3) is 0.394. The highest BCUT2D eigenvalue weighted by Crippen LogP contribution is 2.30. The first-order chi connectivity index (χ1) is 19.7. The van der Waals surface area contributed by atoms with Gasteiger partial charge >= 0.3 is 0 Å². The quantitative estimate of drug-likeness (QED) is 0.376. The van der Waals surface area contributed by atoms with Gasteiger partial charge in [-0.15, -0.1) is 0 Å². The molecule has 2 fully saturated rings. The van der Waals surface area contributed by atoms with Crippen LogP contribution in [-0.2, 0) is 12.5 Å². The first kappa shape index (κ1) is 28.7. The van der Waals surface area contributed by atoms with Crippen LogP contribution in [0.4, 0.5) is 18.9 Å². The minimum absolute atomic E-state index is 0.0244. The van der Waals surface area contributed by atoms with Crippen LogP contribution in [0, 0.1) is 23.6 Å². The lowest BCUT2D eigenvalue weighted by molar-refractivity contribution is 0.0175. The highest BCUT2D eigenvalue weighted by atomic mass is 19.3. The third-order valence-corrected chi connectivity index (χ3v) is 7.89. The Hall–Kier alpha value is -3.83. The molecule has 2 saturated heterocycles. The Kier molecular flexibility index (Phi) is 8.94. The Labute approximate surface area is 239 Å². The van der Waals surface area contributed by atoms with Crippen LogP contribution in [0.3, 0.4) is 0 Å². The number of amides is 1. The fourth-order valence-electron chi connectivity index (χ4n) is 5.41. The number of benzene rings is 2. The molecule has 3 heterocycles. The minimum atomic E-state index is -2.83. The maximum atomic E-state index is 13.5. The zero-order valence-electron chi connectivity index (χ0n) is 23.3. The van der Waals surface area contributed by atoms with Crippen molar-refractivity contribution in [1.29, 1.82) is 0 Å². The molecule has 0 spiro atoms. The smallest absolute Gasteiger partial charge is 0.270 e. The number of carbonyl (C=O) groups is 1. The molecule has 0 atom stereocenters. The van der Waals surface area contributed by atoms with E-state index >= 15 is 0 Å². The van der Waals surface area contributed by atoms with Gasteiger partial charge in [-0.05, 0) is 67.6 Å². The van der Waals surface area contributed by atoms with Crippen molar-refractivity contribution in [2.45, 2.75) is 51.1 Å². The van der Waals surface area contributed by atoms with Gasteiger partial charge in [0.1, 0.15) is 11.5 Å². The van der Waals surface area contributed by atoms with E-state index in [1.807, 2.05) is 18.2 Å². The summed E-state index contributed by atoms with van der Waals surface area (Å²) in [5.41, 5.74) is 3.18. The van der Waals surface area contributed by atoms with Gasteiger partial charge in [0.15, 0.2) is 0 Å². The van der Waals surface area contributed by atoms with Gasteiger partial charge in [-0.1, -0.05) is 36.1 Å². The average molecular weight is 561 g/mol. The van der Waals surface area contributed by atoms with E-state index in [2.05, 4.69) is 31.9 Å². The molecule has 0 radical (unpaired) electrons. The van der Waals surface area contributed by atoms with Crippen molar-refractivity contribution in [2.75, 3.05) is 31.1 Å². The highest BCUT2D eigenvalue weighted by molar-refractivity contribution is 5.92. The maximum absolute atomic E-state index is 13.5. The average Bonchev–Trinajstić information content (AvgIpc) is 2.98. The summed E-state index contributed by atoms with van der Waals surface area (Å²) < 4.78 is 40.1. The summed E-state index contributed by atoms with van der Waals surface area (Å²) in [7, 11) is 0. The Balaban J connectivity index is 1.08. The van der Waals surface area contributed by atoms with Gasteiger partial charge in [-0.2, -0.15) is 0 Å². The number of hydrogen-bond donors (Lipinski definition) is 1. The molecule has 0 bridgehead atoms. The number of alkyl halides is 2. The molecule has 0 unspecified atom stereocenters. The van der Waals surface area contributed by atoms with Crippen LogP contribution < -0.4 is 10.2 Å². The minimum Gasteiger partial charge on any atom is -0.371 e. The van der Waals surface area contributed by atoms with Crippen LogP contribution in [0.25, 0.3) is 0 Å². The molecule has 2 aliphatic heterocycles. The van der Waals surface area contributed by atoms with Gasteiger partial charge in [0.25, 0.3) is 11.8 Å². The lowest BCUT2D eigenvalue weighted by Crippen LogP contribution is -2.44. The number of pyridine rings is 1. The number of aromatic nitrogens is 1. The zero-order valence-corrected chi connectivity index (χ0v) is 23.3. The number of hydrogen-bond acceptors (Lipinski definition) is 4. The summed E-state index contributed by atoms with van der Waals surface area (Å²) >= 11 is 0. The number of nitrogens with zero attached hydrogens (tertiary/aromatic N) is 3. The number of anilines is 1. The molecule has 3 aromatic rings. The van der Waals surface area contributed by atoms with E-state index in [9.17, 15) is 18.0 Å². The highest BCUT2D eigenvalue weighted by Gasteiger charge is 2.25. The Morgan fingerprint density at radius 3 is 2.32 bits per heavy atom. The van der Waals surface area contributed by atoms with Gasteiger partial charge in [-0.25, -0.2) is 13.2 Å². The van der Waals surface area contributed by atoms with Crippen LogP contribution in [0.5, 0.6) is 0 Å². The molecule has 41 heavy (non-hydrogen) atoms. The topological polar surface area (TPSA) is 48.5 Å². The van der Waals surface area contributed by atoms with Crippen molar-refractivity contribution < 1.29 is 18.0 Å². The van der Waals surface area contributed by atoms with Crippen molar-refractivity contribution in [1.82, 2.24) is 15.2 Å². The van der Waals surface area contributed by atoms with Crippen molar-refractivity contribution in [3.05, 3.63) is 95.1 Å². The molecule has 5 nitrogen and oxygen atoms in total. The van der Waals surface area contributed by atoms with E-state index in [-0.39, 0.29) is 29.2 Å². The van der Waals surface area contributed by atoms with Crippen LogP contribution in [-0.4, -0.2) is 48.0 Å². The molecule has 1 aromatic heterocycles. The Morgan fingerprint density at radius 1 is 0.976 bits per heavy atom. The Morgan fingerprint density at radius 2 is 1.66 bits per heavy atom. The SMILES string of the molecule is CC(F)(F)c1ccc(N2CCC(C#Cc3ccnc(C(=O)NC4CCN(Cc5ccc(F)cc5)CC4)c3)CC2)cc1. The predicted octanol–water partition coefficient (Wildman–Crippen LogP) is 5.99. The molecule has 214 valence electrons. The maximum Gasteiger partial charge on any atom is 0.270 e. The standard InChI is InChI=1S/C33H35F3N4O/c1-33(35,36)27-6-10-30(11-7-27)40-20-13-24(14-21-40)2-3-25-12-17-37-31(22-25)32(41)38-29-15-18-39(19-16-29)23-26-4-8-28(34)9-5-26/h4-12,17,22,24,29H,13-16,18-21,23H2,1H3,(H,38,41). The number of nitrogens with one attached hydrogen (secondary N) is 1. The lowest BCUT2D eigenvalue weighted by Gasteiger charge is -2.32. The normalized spacial score (nSPS) is 17.1. The summed E-state index contributed by atoms with van der Waals surface area (Å²) in [4.78, 5) is 21.7. The van der Waals surface area contributed by atoms with E-state index < -0.39 is 5.92 Å². The van der Waals surface area contributed by atoms with Gasteiger partial charge in [0.05, 0.1) is 0 Å². The van der Waals surface area contributed by atoms with Crippen LogP contribution >= 0.6 is 0 Å². The van der Waals surface area contributed by atoms with Crippen molar-refractivity contribution in [3.63, 3.8) is 0 Å². The lowest BCUT2D eigenvalue weighted by atomic mass is 9.96. The van der Waals surface area contributed by atoms with Gasteiger partial charge in [0, 0.05) is 74.6 Å². The van der Waals surface area contributed by atoms with E-state index in [1.54, 1.807) is 24.4 Å². The largest absolute Gasteiger partial charge is 0.371 e. The summed E-state index contributed by atoms with van der Waals surface area (Å²) in [6.45, 7) is 5.03. The number of likely N-dealkylation sites (tertiary alicyclic amines) is 1. The first-order valence-electron chi connectivity index (χ1n) is 14.2. The Bertz CT molecular complexity index is 1380. The molecule has 2 aliphatic rings. The van der Waals surface area contributed by atoms with E-state index in [0.717, 1.165) is 82.1 Å². The summed E-state index contributed by atoms with van der Waals surface area (Å²) in [5, 5.41) is 3.12. The molecule has 8 heteroatoms. The van der Waals surface area contributed by atoms with E-state index in [4.69, 9.17) is 0 Å². The molecule has 2 aromatic carbocycles. The summed E-state index contributed by atoms with van der Waals surface area (Å²) in [5.74, 6) is 3.56. The fourth-order valence-corrected chi connectivity index (χ4v) is 5.41. The molecule has 1 N–H and O–H groups in total. The number of carbonyl (C=O) groups excluding carboxylic acids is 1. The molecule has 0 aliphatic carbocycles. The van der Waals surface area contributed by atoms with Crippen LogP contribution in [0.1, 0.15) is 59.8 Å². The third kappa shape index (κ3) is 7.89. The third-order valence-electron chi connectivity index (χ3n) is 7.89. The van der Waals surface area contributed by atoms with Gasteiger partial charge < -0.3 is 10.2 Å². The van der Waals surface area contributed by atoms with Gasteiger partial charge in [0.2, 0.25) is 0 Å². The van der Waals surface area contributed by atoms with Crippen molar-refractivity contribution >= 4 is 11.6 Å². The zero-order chi connectivity index (χ0) is 28.8. The van der Waals surface area contributed by atoms with E-state index in [1.165, 1.54) is 24.3 Å². The van der Waals surface area contributed by atoms with Crippen LogP contribution in [0.15, 0.2) is 66.9 Å². The van der Waals surface area contributed by atoms with E-state index in [0.29, 0.717) is 5.69 Å². The number of piperidine rings is 2. The molecular formula is C33H35F3N4O. The molecule has 1 amide bonds. The van der Waals surface area contributed by atoms with Crippen molar-refractivity contribution in [3.8, 4) is 11.8 Å². The van der Waals surface area contributed by atoms with Crippen molar-refractivity contribution in [2.24, 2.45) is 5.92 Å². The second kappa shape index (κ2) is 12.8. The van der Waals surface area contributed by atoms with Gasteiger partial charge in [-0.3, -0.25) is 14.7 Å². The number of rotatable bonds is 6.